The van der Waals surface area contributed by atoms with Crippen molar-refractivity contribution >= 4 is 22.6 Å². The van der Waals surface area contributed by atoms with Crippen molar-refractivity contribution in [2.75, 3.05) is 0 Å². The fourth-order valence-corrected chi connectivity index (χ4v) is 3.97. The Labute approximate surface area is 75.3 Å². The molecule has 0 heterocycles. The largest absolute Gasteiger partial charge is 0.299 e. The number of carbonyl (C=O) groups excluding carboxylic acids is 2. The summed E-state index contributed by atoms with van der Waals surface area (Å²) < 4.78 is 0. The maximum Gasteiger partial charge on any atom is 0.225 e. The minimum absolute atomic E-state index is 0.0272. The number of ketones is 1. The summed E-state index contributed by atoms with van der Waals surface area (Å²) in [6.45, 7) is 0. The number of rotatable bonds is 1. The van der Waals surface area contributed by atoms with E-state index in [2.05, 4.69) is 0 Å². The van der Waals surface area contributed by atoms with Gasteiger partial charge >= 0.3 is 0 Å². The van der Waals surface area contributed by atoms with Gasteiger partial charge in [0.1, 0.15) is 5.78 Å². The van der Waals surface area contributed by atoms with Crippen LogP contribution in [-0.4, -0.2) is 11.0 Å². The third-order valence-electron chi connectivity index (χ3n) is 4.00. The number of halogens is 1. The zero-order valence-electron chi connectivity index (χ0n) is 6.50. The molecule has 12 heavy (non-hydrogen) atoms. The molecule has 4 aliphatic carbocycles. The molecule has 4 aliphatic rings. The Bertz CT molecular complexity index is 266. The van der Waals surface area contributed by atoms with Crippen LogP contribution in [0.15, 0.2) is 0 Å². The molecule has 3 heteroatoms. The monoisotopic (exact) mass is 184 g/mol. The Hall–Kier alpha value is -0.370. The van der Waals surface area contributed by atoms with Crippen molar-refractivity contribution in [3.8, 4) is 0 Å². The summed E-state index contributed by atoms with van der Waals surface area (Å²) in [6.07, 6.45) is 1.88. The van der Waals surface area contributed by atoms with Gasteiger partial charge in [0, 0.05) is 17.8 Å². The van der Waals surface area contributed by atoms with Crippen LogP contribution in [0.3, 0.4) is 0 Å². The van der Waals surface area contributed by atoms with Gasteiger partial charge in [0.25, 0.3) is 0 Å². The summed E-state index contributed by atoms with van der Waals surface area (Å²) in [7, 11) is 0. The second kappa shape index (κ2) is 1.92. The van der Waals surface area contributed by atoms with Gasteiger partial charge in [0.2, 0.25) is 5.24 Å². The summed E-state index contributed by atoms with van der Waals surface area (Å²) in [5.41, 5.74) is 0. The quantitative estimate of drug-likeness (QED) is 0.575. The number of hydrogen-bond donors (Lipinski definition) is 0. The lowest BCUT2D eigenvalue weighted by Gasteiger charge is -2.15. The van der Waals surface area contributed by atoms with Gasteiger partial charge in [-0.05, 0) is 36.3 Å². The smallest absolute Gasteiger partial charge is 0.225 e. The summed E-state index contributed by atoms with van der Waals surface area (Å²) in [5, 5.41) is -0.206. The Morgan fingerprint density at radius 1 is 1.25 bits per heavy atom. The first-order valence-corrected chi connectivity index (χ1v) is 4.81. The van der Waals surface area contributed by atoms with Crippen LogP contribution in [0.5, 0.6) is 0 Å². The van der Waals surface area contributed by atoms with Crippen LogP contribution in [0, 0.1) is 29.6 Å². The van der Waals surface area contributed by atoms with Gasteiger partial charge in [-0.1, -0.05) is 0 Å². The number of carbonyl (C=O) groups is 2. The van der Waals surface area contributed by atoms with Crippen molar-refractivity contribution in [2.45, 2.75) is 12.8 Å². The zero-order valence-corrected chi connectivity index (χ0v) is 7.25. The molecular formula is C9H9ClO2. The highest BCUT2D eigenvalue weighted by molar-refractivity contribution is 6.64. The fraction of sp³-hybridized carbons (Fsp3) is 0.778. The van der Waals surface area contributed by atoms with Crippen molar-refractivity contribution in [2.24, 2.45) is 29.6 Å². The maximum atomic E-state index is 11.4. The molecule has 0 amide bonds. The number of hydrogen-bond acceptors (Lipinski definition) is 2. The fourth-order valence-electron chi connectivity index (χ4n) is 3.64. The molecule has 4 unspecified atom stereocenters. The average Bonchev–Trinajstić information content (AvgIpc) is 2.65. The van der Waals surface area contributed by atoms with Gasteiger partial charge in [-0.15, -0.1) is 0 Å². The molecule has 4 bridgehead atoms. The normalized spacial score (nSPS) is 54.1. The van der Waals surface area contributed by atoms with E-state index in [1.807, 2.05) is 0 Å². The van der Waals surface area contributed by atoms with Gasteiger partial charge in [-0.25, -0.2) is 0 Å². The van der Waals surface area contributed by atoms with E-state index in [9.17, 15) is 9.59 Å². The van der Waals surface area contributed by atoms with Crippen molar-refractivity contribution < 1.29 is 9.59 Å². The minimum atomic E-state index is -0.206. The van der Waals surface area contributed by atoms with Gasteiger partial charge in [-0.2, -0.15) is 0 Å². The molecular weight excluding hydrogens is 176 g/mol. The second-order valence-corrected chi connectivity index (χ2v) is 4.62. The Kier molecular flexibility index (Phi) is 1.13. The molecule has 0 aromatic carbocycles. The third-order valence-corrected chi connectivity index (χ3v) is 4.25. The van der Waals surface area contributed by atoms with Gasteiger partial charge in [-0.3, -0.25) is 9.59 Å². The van der Waals surface area contributed by atoms with Gasteiger partial charge in [0.05, 0.1) is 0 Å². The lowest BCUT2D eigenvalue weighted by atomic mass is 9.89. The van der Waals surface area contributed by atoms with E-state index in [0.29, 0.717) is 17.6 Å². The van der Waals surface area contributed by atoms with Crippen LogP contribution in [0.1, 0.15) is 12.8 Å². The summed E-state index contributed by atoms with van der Waals surface area (Å²) in [4.78, 5) is 22.5. The Morgan fingerprint density at radius 3 is 2.08 bits per heavy atom. The SMILES string of the molecule is O=C1C2CC3C1CC2C3C(=O)Cl. The van der Waals surface area contributed by atoms with E-state index >= 15 is 0 Å². The predicted octanol–water partition coefficient (Wildman–Crippen LogP) is 1.22. The first-order chi connectivity index (χ1) is 5.70. The van der Waals surface area contributed by atoms with Crippen LogP contribution in [0.2, 0.25) is 0 Å². The molecule has 0 aliphatic heterocycles. The Balaban J connectivity index is 2.01. The van der Waals surface area contributed by atoms with E-state index in [-0.39, 0.29) is 23.0 Å². The van der Waals surface area contributed by atoms with Crippen molar-refractivity contribution in [3.63, 3.8) is 0 Å². The summed E-state index contributed by atoms with van der Waals surface area (Å²) in [5.74, 6) is 1.48. The molecule has 4 saturated carbocycles. The zero-order chi connectivity index (χ0) is 8.46. The summed E-state index contributed by atoms with van der Waals surface area (Å²) in [6, 6.07) is 0. The van der Waals surface area contributed by atoms with Crippen LogP contribution >= 0.6 is 11.6 Å². The van der Waals surface area contributed by atoms with Gasteiger partial charge < -0.3 is 0 Å². The molecule has 0 aromatic rings. The molecule has 4 rings (SSSR count). The van der Waals surface area contributed by atoms with Crippen LogP contribution in [0.4, 0.5) is 0 Å². The first kappa shape index (κ1) is 7.07. The van der Waals surface area contributed by atoms with Crippen LogP contribution in [-0.2, 0) is 9.59 Å². The van der Waals surface area contributed by atoms with E-state index < -0.39 is 0 Å². The summed E-state index contributed by atoms with van der Waals surface area (Å²) >= 11 is 5.50. The molecule has 4 atom stereocenters. The third kappa shape index (κ3) is 0.565. The van der Waals surface area contributed by atoms with Gasteiger partial charge in [0.15, 0.2) is 0 Å². The maximum absolute atomic E-state index is 11.4. The molecule has 0 saturated heterocycles. The minimum Gasteiger partial charge on any atom is -0.299 e. The highest BCUT2D eigenvalue weighted by Crippen LogP contribution is 2.64. The molecule has 0 spiro atoms. The first-order valence-electron chi connectivity index (χ1n) is 4.43. The van der Waals surface area contributed by atoms with Crippen LogP contribution < -0.4 is 0 Å². The lowest BCUT2D eigenvalue weighted by Crippen LogP contribution is -2.24. The molecule has 2 nitrogen and oxygen atoms in total. The van der Waals surface area contributed by atoms with E-state index in [1.165, 1.54) is 0 Å². The van der Waals surface area contributed by atoms with E-state index in [0.717, 1.165) is 12.8 Å². The van der Waals surface area contributed by atoms with E-state index in [1.54, 1.807) is 0 Å². The van der Waals surface area contributed by atoms with Crippen LogP contribution in [0.25, 0.3) is 0 Å². The van der Waals surface area contributed by atoms with E-state index in [4.69, 9.17) is 11.6 Å². The van der Waals surface area contributed by atoms with Crippen molar-refractivity contribution in [3.05, 3.63) is 0 Å². The molecule has 0 aromatic heterocycles. The number of Topliss-reactive ketones (excluding diaryl/α,β-unsaturated/α-hetero) is 1. The molecule has 0 N–H and O–H groups in total. The highest BCUT2D eigenvalue weighted by Gasteiger charge is 2.66. The molecule has 0 radical (unpaired) electrons. The van der Waals surface area contributed by atoms with Crippen molar-refractivity contribution in [1.82, 2.24) is 0 Å². The predicted molar refractivity (Wildman–Crippen MR) is 42.6 cm³/mol. The molecule has 4 fully saturated rings. The Morgan fingerprint density at radius 2 is 1.75 bits per heavy atom. The topological polar surface area (TPSA) is 34.1 Å². The highest BCUT2D eigenvalue weighted by atomic mass is 35.5. The van der Waals surface area contributed by atoms with Crippen molar-refractivity contribution in [1.29, 1.82) is 0 Å². The average molecular weight is 185 g/mol. The standard InChI is InChI=1S/C9H9ClO2/c10-9(12)7-3-1-5-4(7)2-6(3)8(5)11/h3-7H,1-2H2. The second-order valence-electron chi connectivity index (χ2n) is 4.24. The lowest BCUT2D eigenvalue weighted by molar-refractivity contribution is -0.125. The molecule has 64 valence electrons.